The number of halogens is 1. The molecule has 0 fully saturated rings. The van der Waals surface area contributed by atoms with Crippen LogP contribution < -0.4 is 5.32 Å². The SMILES string of the molecule is CCOC(=O)CNC(=O)c1c(O)c2cccc(-c3cccc(Cl)c3)c2c2ncnn12. The van der Waals surface area contributed by atoms with Crippen molar-refractivity contribution in [3.8, 4) is 16.9 Å². The first kappa shape index (κ1) is 19.7. The predicted octanol–water partition coefficient (Wildman–Crippen LogP) is 3.20. The van der Waals surface area contributed by atoms with E-state index in [1.54, 1.807) is 31.2 Å². The zero-order valence-corrected chi connectivity index (χ0v) is 16.7. The fourth-order valence-electron chi connectivity index (χ4n) is 3.34. The summed E-state index contributed by atoms with van der Waals surface area (Å²) in [7, 11) is 0. The number of hydrogen-bond donors (Lipinski definition) is 2. The van der Waals surface area contributed by atoms with E-state index < -0.39 is 11.9 Å². The molecular weight excluding hydrogens is 408 g/mol. The minimum Gasteiger partial charge on any atom is -0.505 e. The quantitative estimate of drug-likeness (QED) is 0.476. The fourth-order valence-corrected chi connectivity index (χ4v) is 3.53. The van der Waals surface area contributed by atoms with Crippen molar-refractivity contribution >= 4 is 39.9 Å². The maximum atomic E-state index is 12.7. The first-order valence-electron chi connectivity index (χ1n) is 9.18. The van der Waals surface area contributed by atoms with Gasteiger partial charge in [-0.3, -0.25) is 9.59 Å². The van der Waals surface area contributed by atoms with Crippen molar-refractivity contribution in [2.75, 3.05) is 13.2 Å². The first-order valence-corrected chi connectivity index (χ1v) is 9.56. The monoisotopic (exact) mass is 424 g/mol. The van der Waals surface area contributed by atoms with Crippen LogP contribution in [0.15, 0.2) is 48.8 Å². The molecule has 8 nitrogen and oxygen atoms in total. The number of carbonyl (C=O) groups excluding carboxylic acids is 2. The maximum absolute atomic E-state index is 12.7. The summed E-state index contributed by atoms with van der Waals surface area (Å²) >= 11 is 6.15. The third kappa shape index (κ3) is 3.42. The molecule has 0 bridgehead atoms. The average molecular weight is 425 g/mol. The predicted molar refractivity (Wildman–Crippen MR) is 112 cm³/mol. The van der Waals surface area contributed by atoms with Crippen LogP contribution in [0, 0.1) is 0 Å². The van der Waals surface area contributed by atoms with Crippen molar-refractivity contribution in [3.05, 3.63) is 59.5 Å². The van der Waals surface area contributed by atoms with Crippen LogP contribution in [0.4, 0.5) is 0 Å². The number of rotatable bonds is 5. The number of esters is 1. The van der Waals surface area contributed by atoms with E-state index in [1.807, 2.05) is 18.2 Å². The molecule has 0 saturated carbocycles. The van der Waals surface area contributed by atoms with E-state index in [-0.39, 0.29) is 24.6 Å². The number of fused-ring (bicyclic) bond motifs is 3. The molecule has 2 aromatic heterocycles. The van der Waals surface area contributed by atoms with Crippen molar-refractivity contribution in [2.45, 2.75) is 6.92 Å². The Bertz CT molecular complexity index is 1280. The number of ether oxygens (including phenoxy) is 1. The van der Waals surface area contributed by atoms with Crippen LogP contribution in [0.5, 0.6) is 5.75 Å². The summed E-state index contributed by atoms with van der Waals surface area (Å²) in [5.41, 5.74) is 1.88. The Labute approximate surface area is 176 Å². The lowest BCUT2D eigenvalue weighted by Crippen LogP contribution is -2.32. The highest BCUT2D eigenvalue weighted by Gasteiger charge is 2.23. The second-order valence-corrected chi connectivity index (χ2v) is 6.86. The minimum atomic E-state index is -0.675. The average Bonchev–Trinajstić information content (AvgIpc) is 3.21. The normalized spacial score (nSPS) is 11.0. The number of benzene rings is 2. The molecule has 2 N–H and O–H groups in total. The van der Waals surface area contributed by atoms with Crippen LogP contribution in [0.1, 0.15) is 17.4 Å². The van der Waals surface area contributed by atoms with Crippen molar-refractivity contribution in [3.63, 3.8) is 0 Å². The second kappa shape index (κ2) is 8.00. The highest BCUT2D eigenvalue weighted by atomic mass is 35.5. The van der Waals surface area contributed by atoms with Gasteiger partial charge in [0, 0.05) is 15.8 Å². The lowest BCUT2D eigenvalue weighted by Gasteiger charge is -2.14. The van der Waals surface area contributed by atoms with Gasteiger partial charge in [-0.2, -0.15) is 5.10 Å². The molecule has 152 valence electrons. The molecule has 2 aromatic carbocycles. The van der Waals surface area contributed by atoms with Crippen LogP contribution in [-0.4, -0.2) is 44.7 Å². The number of nitrogens with zero attached hydrogens (tertiary/aromatic N) is 3. The molecule has 2 heterocycles. The van der Waals surface area contributed by atoms with Gasteiger partial charge in [-0.25, -0.2) is 9.50 Å². The van der Waals surface area contributed by atoms with Crippen LogP contribution in [0.2, 0.25) is 5.02 Å². The number of hydrogen-bond acceptors (Lipinski definition) is 6. The molecular formula is C21H17ClN4O4. The number of aromatic nitrogens is 3. The number of nitrogens with one attached hydrogen (secondary N) is 1. The minimum absolute atomic E-state index is 0.123. The fraction of sp³-hybridized carbons (Fsp3) is 0.143. The van der Waals surface area contributed by atoms with Gasteiger partial charge in [-0.1, -0.05) is 41.9 Å². The van der Waals surface area contributed by atoms with E-state index >= 15 is 0 Å². The molecule has 0 atom stereocenters. The zero-order chi connectivity index (χ0) is 21.3. The first-order chi connectivity index (χ1) is 14.5. The van der Waals surface area contributed by atoms with Gasteiger partial charge < -0.3 is 15.2 Å². The number of aromatic hydroxyl groups is 1. The van der Waals surface area contributed by atoms with Gasteiger partial charge in [0.2, 0.25) is 0 Å². The summed E-state index contributed by atoms with van der Waals surface area (Å²) in [6, 6.07) is 12.6. The standard InChI is InChI=1S/C21H17ClN4O4/c1-2-30-16(27)10-23-21(29)18-19(28)15-8-4-7-14(12-5-3-6-13(22)9-12)17(15)20-24-11-25-26(18)20/h3-9,11,28H,2,10H2,1H3,(H,23,29). The van der Waals surface area contributed by atoms with Gasteiger partial charge in [-0.05, 0) is 30.2 Å². The molecule has 0 aliphatic rings. The molecule has 0 saturated heterocycles. The Hall–Kier alpha value is -3.65. The van der Waals surface area contributed by atoms with Crippen LogP contribution in [-0.2, 0) is 9.53 Å². The highest BCUT2D eigenvalue weighted by Crippen LogP contribution is 2.38. The van der Waals surface area contributed by atoms with Gasteiger partial charge in [0.05, 0.1) is 6.61 Å². The lowest BCUT2D eigenvalue weighted by molar-refractivity contribution is -0.141. The van der Waals surface area contributed by atoms with Crippen molar-refractivity contribution < 1.29 is 19.4 Å². The molecule has 4 aromatic rings. The van der Waals surface area contributed by atoms with Gasteiger partial charge >= 0.3 is 5.97 Å². The van der Waals surface area contributed by atoms with Crippen molar-refractivity contribution in [2.24, 2.45) is 0 Å². The van der Waals surface area contributed by atoms with E-state index in [4.69, 9.17) is 16.3 Å². The molecule has 4 rings (SSSR count). The summed E-state index contributed by atoms with van der Waals surface area (Å²) in [6.07, 6.45) is 1.30. The van der Waals surface area contributed by atoms with Crippen LogP contribution in [0.3, 0.4) is 0 Å². The molecule has 0 aliphatic heterocycles. The van der Waals surface area contributed by atoms with Crippen LogP contribution in [0.25, 0.3) is 27.5 Å². The van der Waals surface area contributed by atoms with Crippen molar-refractivity contribution in [1.82, 2.24) is 19.9 Å². The third-order valence-electron chi connectivity index (χ3n) is 4.58. The van der Waals surface area contributed by atoms with Gasteiger partial charge in [0.1, 0.15) is 12.9 Å². The Morgan fingerprint density at radius 3 is 2.80 bits per heavy atom. The zero-order valence-electron chi connectivity index (χ0n) is 15.9. The summed E-state index contributed by atoms with van der Waals surface area (Å²) < 4.78 is 6.07. The van der Waals surface area contributed by atoms with Gasteiger partial charge in [0.25, 0.3) is 5.91 Å². The molecule has 30 heavy (non-hydrogen) atoms. The Kier molecular flexibility index (Phi) is 5.24. The van der Waals surface area contributed by atoms with Crippen LogP contribution >= 0.6 is 11.6 Å². The smallest absolute Gasteiger partial charge is 0.325 e. The summed E-state index contributed by atoms with van der Waals surface area (Å²) in [5.74, 6) is -1.52. The summed E-state index contributed by atoms with van der Waals surface area (Å²) in [5, 5.41) is 19.1. The molecule has 1 amide bonds. The molecule has 9 heteroatoms. The van der Waals surface area contributed by atoms with E-state index in [0.717, 1.165) is 11.1 Å². The maximum Gasteiger partial charge on any atom is 0.325 e. The van der Waals surface area contributed by atoms with E-state index in [0.29, 0.717) is 21.4 Å². The molecule has 0 spiro atoms. The number of amides is 1. The van der Waals surface area contributed by atoms with Crippen molar-refractivity contribution in [1.29, 1.82) is 0 Å². The Morgan fingerprint density at radius 1 is 1.23 bits per heavy atom. The summed E-state index contributed by atoms with van der Waals surface area (Å²) in [4.78, 5) is 28.6. The third-order valence-corrected chi connectivity index (χ3v) is 4.81. The Morgan fingerprint density at radius 2 is 2.03 bits per heavy atom. The van der Waals surface area contributed by atoms with E-state index in [2.05, 4.69) is 15.4 Å². The lowest BCUT2D eigenvalue weighted by atomic mass is 9.98. The topological polar surface area (TPSA) is 106 Å². The van der Waals surface area contributed by atoms with Gasteiger partial charge in [0.15, 0.2) is 17.1 Å². The largest absolute Gasteiger partial charge is 0.505 e. The molecule has 0 unspecified atom stereocenters. The van der Waals surface area contributed by atoms with E-state index in [1.165, 1.54) is 10.8 Å². The second-order valence-electron chi connectivity index (χ2n) is 6.42. The van der Waals surface area contributed by atoms with E-state index in [9.17, 15) is 14.7 Å². The highest BCUT2D eigenvalue weighted by molar-refractivity contribution is 6.31. The Balaban J connectivity index is 1.89. The molecule has 0 radical (unpaired) electrons. The number of pyridine rings is 1. The number of carbonyl (C=O) groups is 2. The summed E-state index contributed by atoms with van der Waals surface area (Å²) in [6.45, 7) is 1.55. The molecule has 0 aliphatic carbocycles. The van der Waals surface area contributed by atoms with Gasteiger partial charge in [-0.15, -0.1) is 0 Å².